The average Bonchev–Trinajstić information content (AvgIpc) is 2.49. The lowest BCUT2D eigenvalue weighted by Crippen LogP contribution is -2.52. The van der Waals surface area contributed by atoms with E-state index in [2.05, 4.69) is 10.2 Å². The zero-order valence-electron chi connectivity index (χ0n) is 13.3. The molecule has 5 nitrogen and oxygen atoms in total. The summed E-state index contributed by atoms with van der Waals surface area (Å²) in [6.45, 7) is 4.99. The Morgan fingerprint density at radius 1 is 1.33 bits per heavy atom. The van der Waals surface area contributed by atoms with Gasteiger partial charge in [0.25, 0.3) is 0 Å². The summed E-state index contributed by atoms with van der Waals surface area (Å²) in [5.74, 6) is -0.352. The van der Waals surface area contributed by atoms with E-state index in [-0.39, 0.29) is 5.91 Å². The van der Waals surface area contributed by atoms with E-state index < -0.39 is 5.54 Å². The van der Waals surface area contributed by atoms with E-state index in [1.54, 1.807) is 7.05 Å². The lowest BCUT2D eigenvalue weighted by Gasteiger charge is -2.32. The molecular weight excluding hydrogens is 266 g/mol. The number of nitrogens with zero attached hydrogens (tertiary/aromatic N) is 1. The Bertz CT molecular complexity index is 425. The molecule has 21 heavy (non-hydrogen) atoms. The molecule has 1 amide bonds. The number of carbonyl (C=O) groups is 1. The number of ether oxygens (including phenoxy) is 1. The Hall–Kier alpha value is -1.43. The zero-order valence-corrected chi connectivity index (χ0v) is 13.3. The molecule has 5 heteroatoms. The van der Waals surface area contributed by atoms with Crippen LogP contribution in [0, 0.1) is 0 Å². The normalized spacial score (nSPS) is 14.1. The number of hydrogen-bond acceptors (Lipinski definition) is 4. The first-order valence-corrected chi connectivity index (χ1v) is 7.37. The largest absolute Gasteiger partial charge is 0.380 e. The third kappa shape index (κ3) is 4.81. The van der Waals surface area contributed by atoms with Gasteiger partial charge in [-0.25, -0.2) is 0 Å². The summed E-state index contributed by atoms with van der Waals surface area (Å²) in [4.78, 5) is 14.2. The molecule has 3 N–H and O–H groups in total. The number of benzene rings is 1. The molecule has 1 aromatic carbocycles. The van der Waals surface area contributed by atoms with E-state index >= 15 is 0 Å². The second-order valence-electron chi connectivity index (χ2n) is 5.14. The highest BCUT2D eigenvalue weighted by Crippen LogP contribution is 2.24. The van der Waals surface area contributed by atoms with Gasteiger partial charge in [0.1, 0.15) is 5.54 Å². The first kappa shape index (κ1) is 17.6. The van der Waals surface area contributed by atoms with E-state index in [0.29, 0.717) is 13.0 Å². The Balaban J connectivity index is 2.74. The highest BCUT2D eigenvalue weighted by molar-refractivity contribution is 5.86. The summed E-state index contributed by atoms with van der Waals surface area (Å²) < 4.78 is 5.35. The zero-order chi connectivity index (χ0) is 15.7. The van der Waals surface area contributed by atoms with E-state index in [9.17, 15) is 4.79 Å². The molecule has 1 aromatic rings. The smallest absolute Gasteiger partial charge is 0.242 e. The van der Waals surface area contributed by atoms with Gasteiger partial charge in [-0.1, -0.05) is 30.3 Å². The summed E-state index contributed by atoms with van der Waals surface area (Å²) in [5, 5.41) is 3.12. The van der Waals surface area contributed by atoms with Crippen LogP contribution >= 0.6 is 0 Å². The van der Waals surface area contributed by atoms with Gasteiger partial charge in [0, 0.05) is 19.7 Å². The summed E-state index contributed by atoms with van der Waals surface area (Å²) in [7, 11) is 3.80. The van der Waals surface area contributed by atoms with Gasteiger partial charge in [-0.05, 0) is 33.0 Å². The summed E-state index contributed by atoms with van der Waals surface area (Å²) >= 11 is 0. The molecule has 1 atom stereocenters. The third-order valence-corrected chi connectivity index (χ3v) is 3.80. The van der Waals surface area contributed by atoms with Crippen molar-refractivity contribution in [2.24, 2.45) is 5.73 Å². The number of likely N-dealkylation sites (N-methyl/N-ethyl adjacent to an activating group) is 2. The minimum Gasteiger partial charge on any atom is -0.380 e. The molecule has 1 unspecified atom stereocenters. The number of rotatable bonds is 10. The van der Waals surface area contributed by atoms with Crippen molar-refractivity contribution < 1.29 is 9.53 Å². The van der Waals surface area contributed by atoms with Gasteiger partial charge < -0.3 is 20.7 Å². The minimum atomic E-state index is -0.832. The van der Waals surface area contributed by atoms with Crippen LogP contribution in [0.15, 0.2) is 30.3 Å². The first-order chi connectivity index (χ1) is 10.1. The molecule has 0 aromatic heterocycles. The number of primary amides is 1. The quantitative estimate of drug-likeness (QED) is 0.630. The first-order valence-electron chi connectivity index (χ1n) is 7.37. The molecule has 0 fully saturated rings. The average molecular weight is 293 g/mol. The maximum absolute atomic E-state index is 12.0. The lowest BCUT2D eigenvalue weighted by atomic mass is 9.85. The second kappa shape index (κ2) is 8.77. The Kier molecular flexibility index (Phi) is 7.36. The Morgan fingerprint density at radius 3 is 2.52 bits per heavy atom. The lowest BCUT2D eigenvalue weighted by molar-refractivity contribution is -0.125. The highest BCUT2D eigenvalue weighted by Gasteiger charge is 2.36. The van der Waals surface area contributed by atoms with Crippen LogP contribution in [0.1, 0.15) is 18.9 Å². The SMILES string of the molecule is CCOCCN(C)CCC(NC)(C(N)=O)c1ccccc1. The number of hydrogen-bond donors (Lipinski definition) is 2. The topological polar surface area (TPSA) is 67.6 Å². The van der Waals surface area contributed by atoms with Crippen molar-refractivity contribution in [1.29, 1.82) is 0 Å². The summed E-state index contributed by atoms with van der Waals surface area (Å²) in [6.07, 6.45) is 0.617. The van der Waals surface area contributed by atoms with E-state index in [0.717, 1.165) is 25.3 Å². The minimum absolute atomic E-state index is 0.352. The fourth-order valence-corrected chi connectivity index (χ4v) is 2.36. The van der Waals surface area contributed by atoms with Crippen LogP contribution in [0.4, 0.5) is 0 Å². The molecule has 0 spiro atoms. The van der Waals surface area contributed by atoms with Crippen molar-refractivity contribution in [3.8, 4) is 0 Å². The fraction of sp³-hybridized carbons (Fsp3) is 0.562. The van der Waals surface area contributed by atoms with Gasteiger partial charge in [0.15, 0.2) is 0 Å². The molecular formula is C16H27N3O2. The number of carbonyl (C=O) groups excluding carboxylic acids is 1. The van der Waals surface area contributed by atoms with Gasteiger partial charge in [-0.15, -0.1) is 0 Å². The van der Waals surface area contributed by atoms with E-state index in [4.69, 9.17) is 10.5 Å². The Morgan fingerprint density at radius 2 is 2.00 bits per heavy atom. The van der Waals surface area contributed by atoms with Crippen LogP contribution in [0.5, 0.6) is 0 Å². The molecule has 0 heterocycles. The van der Waals surface area contributed by atoms with Gasteiger partial charge in [-0.2, -0.15) is 0 Å². The van der Waals surface area contributed by atoms with Crippen LogP contribution in [-0.4, -0.2) is 51.2 Å². The highest BCUT2D eigenvalue weighted by atomic mass is 16.5. The third-order valence-electron chi connectivity index (χ3n) is 3.80. The summed E-state index contributed by atoms with van der Waals surface area (Å²) in [5.41, 5.74) is 5.75. The standard InChI is InChI=1S/C16H27N3O2/c1-4-21-13-12-19(3)11-10-16(18-2,15(17)20)14-8-6-5-7-9-14/h5-9,18H,4,10-13H2,1-3H3,(H2,17,20). The monoisotopic (exact) mass is 293 g/mol. The Labute approximate surface area is 127 Å². The maximum atomic E-state index is 12.0. The van der Waals surface area contributed by atoms with Crippen molar-refractivity contribution in [1.82, 2.24) is 10.2 Å². The van der Waals surface area contributed by atoms with Crippen molar-refractivity contribution in [3.05, 3.63) is 35.9 Å². The molecule has 0 aliphatic heterocycles. The van der Waals surface area contributed by atoms with Gasteiger partial charge in [0.05, 0.1) is 6.61 Å². The number of nitrogens with two attached hydrogens (primary N) is 1. The van der Waals surface area contributed by atoms with Crippen LogP contribution in [-0.2, 0) is 15.1 Å². The van der Waals surface area contributed by atoms with Gasteiger partial charge >= 0.3 is 0 Å². The van der Waals surface area contributed by atoms with Crippen molar-refractivity contribution in [3.63, 3.8) is 0 Å². The molecule has 0 radical (unpaired) electrons. The van der Waals surface area contributed by atoms with Crippen molar-refractivity contribution >= 4 is 5.91 Å². The van der Waals surface area contributed by atoms with Crippen LogP contribution < -0.4 is 11.1 Å². The maximum Gasteiger partial charge on any atom is 0.242 e. The van der Waals surface area contributed by atoms with Crippen molar-refractivity contribution in [2.45, 2.75) is 18.9 Å². The molecule has 0 saturated heterocycles. The number of amides is 1. The molecule has 0 bridgehead atoms. The van der Waals surface area contributed by atoms with E-state index in [1.807, 2.05) is 44.3 Å². The van der Waals surface area contributed by atoms with Crippen LogP contribution in [0.3, 0.4) is 0 Å². The van der Waals surface area contributed by atoms with Crippen LogP contribution in [0.25, 0.3) is 0 Å². The molecule has 1 rings (SSSR count). The molecule has 118 valence electrons. The van der Waals surface area contributed by atoms with Gasteiger partial charge in [-0.3, -0.25) is 4.79 Å². The molecule has 0 aliphatic rings. The van der Waals surface area contributed by atoms with E-state index in [1.165, 1.54) is 0 Å². The predicted octanol–water partition coefficient (Wildman–Crippen LogP) is 0.945. The van der Waals surface area contributed by atoms with Gasteiger partial charge in [0.2, 0.25) is 5.91 Å². The number of nitrogens with one attached hydrogen (secondary N) is 1. The molecule has 0 saturated carbocycles. The molecule has 0 aliphatic carbocycles. The predicted molar refractivity (Wildman–Crippen MR) is 85.0 cm³/mol. The fourth-order valence-electron chi connectivity index (χ4n) is 2.36. The van der Waals surface area contributed by atoms with Crippen LogP contribution in [0.2, 0.25) is 0 Å². The summed E-state index contributed by atoms with van der Waals surface area (Å²) in [6, 6.07) is 9.63. The second-order valence-corrected chi connectivity index (χ2v) is 5.14. The van der Waals surface area contributed by atoms with Crippen molar-refractivity contribution in [2.75, 3.05) is 40.4 Å².